The average molecular weight is 257 g/mol. The van der Waals surface area contributed by atoms with E-state index in [1.54, 1.807) is 0 Å². The molecular weight excluding hydrogens is 226 g/mol. The first-order valence-electron chi connectivity index (χ1n) is 7.55. The molecule has 1 rings (SSSR count). The van der Waals surface area contributed by atoms with E-state index in [1.807, 2.05) is 0 Å². The predicted molar refractivity (Wildman–Crippen MR) is 75.9 cm³/mol. The van der Waals surface area contributed by atoms with Crippen LogP contribution < -0.4 is 5.32 Å². The maximum Gasteiger partial charge on any atom is 0.0471 e. The SMILES string of the molecule is CCNCC1(CCOCCC(C)C)CCOCC1. The van der Waals surface area contributed by atoms with Crippen molar-refractivity contribution in [1.29, 1.82) is 0 Å². The summed E-state index contributed by atoms with van der Waals surface area (Å²) in [5, 5.41) is 3.51. The Morgan fingerprint density at radius 1 is 1.22 bits per heavy atom. The Labute approximate surface area is 113 Å². The van der Waals surface area contributed by atoms with E-state index in [-0.39, 0.29) is 0 Å². The van der Waals surface area contributed by atoms with Crippen LogP contribution in [0.25, 0.3) is 0 Å². The van der Waals surface area contributed by atoms with Crippen LogP contribution in [0.5, 0.6) is 0 Å². The van der Waals surface area contributed by atoms with E-state index in [4.69, 9.17) is 9.47 Å². The molecule has 1 heterocycles. The van der Waals surface area contributed by atoms with Crippen molar-refractivity contribution in [3.8, 4) is 0 Å². The zero-order chi connectivity index (χ0) is 13.3. The molecule has 0 aromatic heterocycles. The molecule has 1 aliphatic heterocycles. The zero-order valence-electron chi connectivity index (χ0n) is 12.5. The van der Waals surface area contributed by atoms with Gasteiger partial charge in [-0.2, -0.15) is 0 Å². The minimum Gasteiger partial charge on any atom is -0.381 e. The van der Waals surface area contributed by atoms with Crippen molar-refractivity contribution in [1.82, 2.24) is 5.32 Å². The second-order valence-electron chi connectivity index (χ2n) is 5.94. The third kappa shape index (κ3) is 6.17. The van der Waals surface area contributed by atoms with Crippen LogP contribution in [-0.4, -0.2) is 39.5 Å². The minimum absolute atomic E-state index is 0.409. The van der Waals surface area contributed by atoms with Crippen LogP contribution in [0.2, 0.25) is 0 Å². The summed E-state index contributed by atoms with van der Waals surface area (Å²) in [5.41, 5.74) is 0.409. The molecule has 0 aliphatic carbocycles. The Morgan fingerprint density at radius 2 is 1.94 bits per heavy atom. The summed E-state index contributed by atoms with van der Waals surface area (Å²) in [6.07, 6.45) is 4.69. The Bertz CT molecular complexity index is 201. The molecule has 108 valence electrons. The highest BCUT2D eigenvalue weighted by molar-refractivity contribution is 4.83. The lowest BCUT2D eigenvalue weighted by Crippen LogP contribution is -2.40. The summed E-state index contributed by atoms with van der Waals surface area (Å²) in [6, 6.07) is 0. The topological polar surface area (TPSA) is 30.5 Å². The third-order valence-corrected chi connectivity index (χ3v) is 3.92. The number of rotatable bonds is 9. The number of hydrogen-bond acceptors (Lipinski definition) is 3. The second kappa shape index (κ2) is 8.89. The molecule has 0 radical (unpaired) electrons. The molecule has 0 bridgehead atoms. The zero-order valence-corrected chi connectivity index (χ0v) is 12.5. The molecule has 0 amide bonds. The third-order valence-electron chi connectivity index (χ3n) is 3.92. The molecule has 1 saturated heterocycles. The van der Waals surface area contributed by atoms with Crippen molar-refractivity contribution < 1.29 is 9.47 Å². The minimum atomic E-state index is 0.409. The van der Waals surface area contributed by atoms with Crippen LogP contribution in [-0.2, 0) is 9.47 Å². The average Bonchev–Trinajstić information content (AvgIpc) is 2.37. The van der Waals surface area contributed by atoms with Crippen molar-refractivity contribution in [2.24, 2.45) is 11.3 Å². The molecule has 0 aromatic carbocycles. The van der Waals surface area contributed by atoms with E-state index in [1.165, 1.54) is 25.7 Å². The van der Waals surface area contributed by atoms with Gasteiger partial charge in [0, 0.05) is 33.0 Å². The molecule has 3 heteroatoms. The van der Waals surface area contributed by atoms with E-state index in [0.717, 1.165) is 45.4 Å². The fraction of sp³-hybridized carbons (Fsp3) is 1.00. The van der Waals surface area contributed by atoms with Crippen LogP contribution in [0.1, 0.15) is 46.5 Å². The second-order valence-corrected chi connectivity index (χ2v) is 5.94. The summed E-state index contributed by atoms with van der Waals surface area (Å²) in [6.45, 7) is 12.5. The smallest absolute Gasteiger partial charge is 0.0471 e. The van der Waals surface area contributed by atoms with Crippen LogP contribution >= 0.6 is 0 Å². The Balaban J connectivity index is 2.23. The van der Waals surface area contributed by atoms with Gasteiger partial charge in [0.15, 0.2) is 0 Å². The Kier molecular flexibility index (Phi) is 7.87. The highest BCUT2D eigenvalue weighted by Gasteiger charge is 2.31. The molecule has 1 N–H and O–H groups in total. The maximum absolute atomic E-state index is 5.78. The fourth-order valence-corrected chi connectivity index (χ4v) is 2.42. The summed E-state index contributed by atoms with van der Waals surface area (Å²) >= 11 is 0. The number of ether oxygens (including phenoxy) is 2. The lowest BCUT2D eigenvalue weighted by molar-refractivity contribution is -0.00674. The Morgan fingerprint density at radius 3 is 2.56 bits per heavy atom. The van der Waals surface area contributed by atoms with Gasteiger partial charge >= 0.3 is 0 Å². The molecule has 0 saturated carbocycles. The fourth-order valence-electron chi connectivity index (χ4n) is 2.42. The molecule has 1 aliphatic rings. The summed E-state index contributed by atoms with van der Waals surface area (Å²) in [7, 11) is 0. The van der Waals surface area contributed by atoms with Gasteiger partial charge in [-0.1, -0.05) is 20.8 Å². The highest BCUT2D eigenvalue weighted by Crippen LogP contribution is 2.33. The summed E-state index contributed by atoms with van der Waals surface area (Å²) < 4.78 is 11.3. The van der Waals surface area contributed by atoms with Crippen LogP contribution in [0.4, 0.5) is 0 Å². The van der Waals surface area contributed by atoms with Gasteiger partial charge < -0.3 is 14.8 Å². The van der Waals surface area contributed by atoms with Crippen LogP contribution in [0.15, 0.2) is 0 Å². The molecule has 3 nitrogen and oxygen atoms in total. The van der Waals surface area contributed by atoms with Gasteiger partial charge in [0.25, 0.3) is 0 Å². The van der Waals surface area contributed by atoms with E-state index in [9.17, 15) is 0 Å². The normalized spacial score (nSPS) is 19.3. The Hall–Kier alpha value is -0.120. The van der Waals surface area contributed by atoms with Gasteiger partial charge in [0.1, 0.15) is 0 Å². The summed E-state index contributed by atoms with van der Waals surface area (Å²) in [4.78, 5) is 0. The van der Waals surface area contributed by atoms with Gasteiger partial charge in [-0.3, -0.25) is 0 Å². The van der Waals surface area contributed by atoms with Crippen molar-refractivity contribution in [3.63, 3.8) is 0 Å². The standard InChI is InChI=1S/C15H31NO2/c1-4-16-13-15(7-11-18-12-8-15)6-10-17-9-5-14(2)3/h14,16H,4-13H2,1-3H3. The maximum atomic E-state index is 5.78. The van der Waals surface area contributed by atoms with Gasteiger partial charge in [-0.25, -0.2) is 0 Å². The van der Waals surface area contributed by atoms with E-state index in [0.29, 0.717) is 5.41 Å². The quantitative estimate of drug-likeness (QED) is 0.644. The van der Waals surface area contributed by atoms with Gasteiger partial charge in [0.05, 0.1) is 0 Å². The van der Waals surface area contributed by atoms with Crippen molar-refractivity contribution in [2.75, 3.05) is 39.5 Å². The van der Waals surface area contributed by atoms with Crippen LogP contribution in [0.3, 0.4) is 0 Å². The highest BCUT2D eigenvalue weighted by atomic mass is 16.5. The van der Waals surface area contributed by atoms with Crippen molar-refractivity contribution >= 4 is 0 Å². The molecule has 0 atom stereocenters. The lowest BCUT2D eigenvalue weighted by atomic mass is 9.77. The van der Waals surface area contributed by atoms with Crippen molar-refractivity contribution in [2.45, 2.75) is 46.5 Å². The first-order chi connectivity index (χ1) is 8.68. The summed E-state index contributed by atoms with van der Waals surface area (Å²) in [5.74, 6) is 0.740. The number of hydrogen-bond donors (Lipinski definition) is 1. The van der Waals surface area contributed by atoms with E-state index < -0.39 is 0 Å². The lowest BCUT2D eigenvalue weighted by Gasteiger charge is -2.37. The van der Waals surface area contributed by atoms with E-state index >= 15 is 0 Å². The monoisotopic (exact) mass is 257 g/mol. The van der Waals surface area contributed by atoms with Gasteiger partial charge in [-0.05, 0) is 43.6 Å². The number of nitrogens with one attached hydrogen (secondary N) is 1. The predicted octanol–water partition coefficient (Wildman–Crippen LogP) is 2.85. The molecule has 0 unspecified atom stereocenters. The molecule has 0 aromatic rings. The first kappa shape index (κ1) is 15.9. The van der Waals surface area contributed by atoms with Gasteiger partial charge in [-0.15, -0.1) is 0 Å². The molecular formula is C15H31NO2. The van der Waals surface area contributed by atoms with Gasteiger partial charge in [0.2, 0.25) is 0 Å². The van der Waals surface area contributed by atoms with E-state index in [2.05, 4.69) is 26.1 Å². The molecule has 1 fully saturated rings. The van der Waals surface area contributed by atoms with Crippen molar-refractivity contribution in [3.05, 3.63) is 0 Å². The first-order valence-corrected chi connectivity index (χ1v) is 7.55. The molecule has 0 spiro atoms. The molecule has 18 heavy (non-hydrogen) atoms. The largest absolute Gasteiger partial charge is 0.381 e. The van der Waals surface area contributed by atoms with Crippen LogP contribution in [0, 0.1) is 11.3 Å².